The van der Waals surface area contributed by atoms with E-state index in [-0.39, 0.29) is 12.8 Å². The zero-order valence-electron chi connectivity index (χ0n) is 12.4. The molecule has 0 atom stereocenters. The lowest BCUT2D eigenvalue weighted by atomic mass is 9.96. The fourth-order valence-corrected chi connectivity index (χ4v) is 3.66. The molecule has 1 fully saturated rings. The summed E-state index contributed by atoms with van der Waals surface area (Å²) in [6.07, 6.45) is -2.43. The van der Waals surface area contributed by atoms with Gasteiger partial charge in [-0.3, -0.25) is 4.90 Å². The minimum Gasteiger partial charge on any atom is -0.312 e. The second-order valence-corrected chi connectivity index (χ2v) is 6.89. The Labute approximate surface area is 128 Å². The number of thiophene rings is 1. The highest BCUT2D eigenvalue weighted by atomic mass is 32.1. The summed E-state index contributed by atoms with van der Waals surface area (Å²) < 4.78 is 37.9. The van der Waals surface area contributed by atoms with Gasteiger partial charge in [-0.25, -0.2) is 0 Å². The van der Waals surface area contributed by atoms with Crippen LogP contribution in [-0.4, -0.2) is 30.7 Å². The van der Waals surface area contributed by atoms with Gasteiger partial charge in [0.1, 0.15) is 0 Å². The molecule has 1 aromatic rings. The quantitative estimate of drug-likeness (QED) is 0.796. The molecule has 0 aromatic carbocycles. The topological polar surface area (TPSA) is 15.3 Å². The van der Waals surface area contributed by atoms with Crippen molar-refractivity contribution in [1.82, 2.24) is 10.2 Å². The van der Waals surface area contributed by atoms with Crippen LogP contribution in [0.3, 0.4) is 0 Å². The summed E-state index contributed by atoms with van der Waals surface area (Å²) in [5.74, 6) is -1.11. The first-order valence-corrected chi connectivity index (χ1v) is 8.38. The van der Waals surface area contributed by atoms with Crippen LogP contribution < -0.4 is 5.32 Å². The zero-order valence-corrected chi connectivity index (χ0v) is 13.2. The lowest BCUT2D eigenvalue weighted by Gasteiger charge is -2.32. The molecule has 0 aliphatic carbocycles. The van der Waals surface area contributed by atoms with E-state index in [0.717, 1.165) is 26.1 Å². The Morgan fingerprint density at radius 2 is 1.90 bits per heavy atom. The van der Waals surface area contributed by atoms with Gasteiger partial charge in [0.25, 0.3) is 0 Å². The van der Waals surface area contributed by atoms with Gasteiger partial charge in [-0.2, -0.15) is 13.2 Å². The minimum atomic E-state index is -4.02. The number of rotatable bonds is 6. The van der Waals surface area contributed by atoms with Crippen molar-refractivity contribution in [2.45, 2.75) is 45.5 Å². The fourth-order valence-electron chi connectivity index (χ4n) is 2.63. The largest absolute Gasteiger partial charge is 0.391 e. The van der Waals surface area contributed by atoms with Gasteiger partial charge in [0.2, 0.25) is 0 Å². The third kappa shape index (κ3) is 5.27. The number of alkyl halides is 3. The van der Waals surface area contributed by atoms with Crippen LogP contribution in [0.4, 0.5) is 13.2 Å². The molecule has 1 aromatic heterocycles. The van der Waals surface area contributed by atoms with Crippen molar-refractivity contribution >= 4 is 11.3 Å². The molecule has 1 aliphatic heterocycles. The molecule has 1 aliphatic rings. The van der Waals surface area contributed by atoms with Crippen LogP contribution >= 0.6 is 11.3 Å². The first-order valence-electron chi connectivity index (χ1n) is 7.56. The molecular weight excluding hydrogens is 297 g/mol. The van der Waals surface area contributed by atoms with E-state index >= 15 is 0 Å². The second-order valence-electron chi connectivity index (χ2n) is 5.64. The molecule has 1 saturated heterocycles. The predicted octanol–water partition coefficient (Wildman–Crippen LogP) is 4.02. The Morgan fingerprint density at radius 3 is 2.52 bits per heavy atom. The van der Waals surface area contributed by atoms with Crippen molar-refractivity contribution in [3.63, 3.8) is 0 Å². The molecule has 21 heavy (non-hydrogen) atoms. The number of likely N-dealkylation sites (tertiary alicyclic amines) is 1. The number of piperidine rings is 1. The van der Waals surface area contributed by atoms with E-state index in [2.05, 4.69) is 29.3 Å². The first kappa shape index (κ1) is 16.8. The standard InChI is InChI=1S/C15H23F3N2S/c1-2-7-19-10-13-3-4-14(21-13)11-20-8-5-12(6-9-20)15(16,17)18/h3-4,12,19H,2,5-11H2,1H3. The first-order chi connectivity index (χ1) is 9.99. The molecule has 1 N–H and O–H groups in total. The molecule has 0 bridgehead atoms. The van der Waals surface area contributed by atoms with Crippen molar-refractivity contribution < 1.29 is 13.2 Å². The van der Waals surface area contributed by atoms with Gasteiger partial charge in [-0.1, -0.05) is 6.92 Å². The van der Waals surface area contributed by atoms with Gasteiger partial charge in [-0.15, -0.1) is 11.3 Å². The van der Waals surface area contributed by atoms with E-state index in [1.807, 2.05) is 0 Å². The Bertz CT molecular complexity index is 423. The van der Waals surface area contributed by atoms with E-state index < -0.39 is 12.1 Å². The Morgan fingerprint density at radius 1 is 1.24 bits per heavy atom. The highest BCUT2D eigenvalue weighted by Crippen LogP contribution is 2.34. The molecule has 2 rings (SSSR count). The van der Waals surface area contributed by atoms with E-state index in [4.69, 9.17) is 0 Å². The second kappa shape index (κ2) is 7.61. The van der Waals surface area contributed by atoms with Crippen molar-refractivity contribution in [3.8, 4) is 0 Å². The van der Waals surface area contributed by atoms with Crippen molar-refractivity contribution in [2.75, 3.05) is 19.6 Å². The third-order valence-electron chi connectivity index (χ3n) is 3.87. The van der Waals surface area contributed by atoms with Gasteiger partial charge >= 0.3 is 6.18 Å². The van der Waals surface area contributed by atoms with Crippen LogP contribution in [0.15, 0.2) is 12.1 Å². The lowest BCUT2D eigenvalue weighted by molar-refractivity contribution is -0.185. The Kier molecular flexibility index (Phi) is 6.08. The summed E-state index contributed by atoms with van der Waals surface area (Å²) in [6.45, 7) is 5.91. The van der Waals surface area contributed by atoms with Crippen LogP contribution in [0, 0.1) is 5.92 Å². The fraction of sp³-hybridized carbons (Fsp3) is 0.733. The summed E-state index contributed by atoms with van der Waals surface area (Å²) in [7, 11) is 0. The summed E-state index contributed by atoms with van der Waals surface area (Å²) >= 11 is 1.76. The highest BCUT2D eigenvalue weighted by Gasteiger charge is 2.40. The van der Waals surface area contributed by atoms with Gasteiger partial charge in [0.15, 0.2) is 0 Å². The van der Waals surface area contributed by atoms with Gasteiger partial charge in [-0.05, 0) is 51.0 Å². The van der Waals surface area contributed by atoms with Gasteiger partial charge < -0.3 is 5.32 Å². The molecule has 6 heteroatoms. The smallest absolute Gasteiger partial charge is 0.312 e. The van der Waals surface area contributed by atoms with Crippen molar-refractivity contribution in [2.24, 2.45) is 5.92 Å². The average Bonchev–Trinajstić information content (AvgIpc) is 2.86. The molecule has 0 radical (unpaired) electrons. The molecule has 120 valence electrons. The highest BCUT2D eigenvalue weighted by molar-refractivity contribution is 7.11. The lowest BCUT2D eigenvalue weighted by Crippen LogP contribution is -2.38. The third-order valence-corrected chi connectivity index (χ3v) is 4.94. The molecule has 0 amide bonds. The average molecular weight is 320 g/mol. The monoisotopic (exact) mass is 320 g/mol. The van der Waals surface area contributed by atoms with Crippen molar-refractivity contribution in [3.05, 3.63) is 21.9 Å². The number of nitrogens with one attached hydrogen (secondary N) is 1. The summed E-state index contributed by atoms with van der Waals surface area (Å²) in [5.41, 5.74) is 0. The molecule has 0 spiro atoms. The molecule has 0 saturated carbocycles. The predicted molar refractivity (Wildman–Crippen MR) is 80.4 cm³/mol. The summed E-state index contributed by atoms with van der Waals surface area (Å²) in [4.78, 5) is 4.68. The van der Waals surface area contributed by atoms with Crippen LogP contribution in [0.2, 0.25) is 0 Å². The normalized spacial score (nSPS) is 18.3. The van der Waals surface area contributed by atoms with Crippen LogP contribution in [0.25, 0.3) is 0 Å². The van der Waals surface area contributed by atoms with Crippen LogP contribution in [-0.2, 0) is 13.1 Å². The maximum atomic E-state index is 12.6. The number of halogens is 3. The molecular formula is C15H23F3N2S. The number of nitrogens with zero attached hydrogens (tertiary/aromatic N) is 1. The van der Waals surface area contributed by atoms with E-state index in [1.54, 1.807) is 11.3 Å². The Hall–Kier alpha value is -0.590. The van der Waals surface area contributed by atoms with E-state index in [9.17, 15) is 13.2 Å². The minimum absolute atomic E-state index is 0.236. The van der Waals surface area contributed by atoms with Crippen molar-refractivity contribution in [1.29, 1.82) is 0 Å². The Balaban J connectivity index is 1.76. The molecule has 2 nitrogen and oxygen atoms in total. The van der Waals surface area contributed by atoms with E-state index in [0.29, 0.717) is 13.1 Å². The summed E-state index contributed by atoms with van der Waals surface area (Å²) in [6, 6.07) is 4.22. The van der Waals surface area contributed by atoms with Gasteiger partial charge in [0, 0.05) is 22.8 Å². The van der Waals surface area contributed by atoms with Crippen LogP contribution in [0.5, 0.6) is 0 Å². The SMILES string of the molecule is CCCNCc1ccc(CN2CCC(C(F)(F)F)CC2)s1. The maximum Gasteiger partial charge on any atom is 0.391 e. The van der Waals surface area contributed by atoms with E-state index in [1.165, 1.54) is 9.75 Å². The zero-order chi connectivity index (χ0) is 15.3. The maximum absolute atomic E-state index is 12.6. The van der Waals surface area contributed by atoms with Crippen LogP contribution in [0.1, 0.15) is 35.9 Å². The number of hydrogen-bond donors (Lipinski definition) is 1. The molecule has 0 unspecified atom stereocenters. The molecule has 2 heterocycles. The summed E-state index contributed by atoms with van der Waals surface area (Å²) in [5, 5.41) is 3.36. The van der Waals surface area contributed by atoms with Gasteiger partial charge in [0.05, 0.1) is 5.92 Å². The number of hydrogen-bond acceptors (Lipinski definition) is 3.